The fourth-order valence-electron chi connectivity index (χ4n) is 11.9. The highest BCUT2D eigenvalue weighted by Crippen LogP contribution is 2.70. The first-order chi connectivity index (χ1) is 33.8. The third kappa shape index (κ3) is 11.2. The number of hydrogen-bond donors (Lipinski definition) is 7. The summed E-state index contributed by atoms with van der Waals surface area (Å²) in [7, 11) is 1.87. The topological polar surface area (TPSA) is 260 Å². The fraction of sp³-hybridized carbons (Fsp3) is 0.615. The van der Waals surface area contributed by atoms with E-state index in [0.717, 1.165) is 55.1 Å². The number of anilines is 3. The molecule has 0 saturated heterocycles. The van der Waals surface area contributed by atoms with Gasteiger partial charge in [0, 0.05) is 53.8 Å². The third-order valence-corrected chi connectivity index (χ3v) is 18.2. The van der Waals surface area contributed by atoms with Crippen molar-refractivity contribution >= 4 is 75.7 Å². The van der Waals surface area contributed by atoms with Gasteiger partial charge in [-0.05, 0) is 105 Å². The standard InChI is InChI=1S/C52H72FN9O7S2/c1-32-27-39-38-18-15-34-28-37(63)19-21-49(34,2)51(38,53)41(64)29-50(39,3)52(32,69)47(68)56-22-26-71-24-12-10-8-6-5-7-9-11-23-70-25-20-40(46(66)67)59-45(65)33-13-16-36(17-14-33)62(4)31-35-30-57-44-42(58-35)43(54)60-48(55)61-44/h13-17,19,21,30,32,38-41,64,69H,5-12,18,20,22-29,31H2,1-4H3,(H,56,68)(H,59,65)(H,66,67)(H4,54,55,57,60,61)/t32-,38?,39?,40?,41?,49+,50+,51?,52+/m1/s1. The Kier molecular flexibility index (Phi) is 17.4. The molecule has 16 nitrogen and oxygen atoms in total. The largest absolute Gasteiger partial charge is 0.480 e. The highest BCUT2D eigenvalue weighted by Gasteiger charge is 2.75. The summed E-state index contributed by atoms with van der Waals surface area (Å²) in [4.78, 5) is 69.8. The lowest BCUT2D eigenvalue weighted by atomic mass is 9.45. The van der Waals surface area contributed by atoms with Crippen molar-refractivity contribution in [1.82, 2.24) is 30.6 Å². The number of aromatic nitrogens is 4. The number of nitrogens with one attached hydrogen (secondary N) is 2. The van der Waals surface area contributed by atoms with Gasteiger partial charge in [0.25, 0.3) is 11.8 Å². The number of rotatable bonds is 24. The van der Waals surface area contributed by atoms with E-state index in [0.29, 0.717) is 66.1 Å². The number of halogens is 1. The molecule has 2 aromatic heterocycles. The third-order valence-electron chi connectivity index (χ3n) is 16.0. The maximum atomic E-state index is 17.5. The minimum atomic E-state index is -2.00. The van der Waals surface area contributed by atoms with E-state index < -0.39 is 63.9 Å². The molecule has 0 aliphatic heterocycles. The minimum absolute atomic E-state index is 0.0257. The van der Waals surface area contributed by atoms with Gasteiger partial charge >= 0.3 is 5.97 Å². The zero-order valence-corrected chi connectivity index (χ0v) is 43.1. The number of aliphatic hydroxyl groups is 2. The first-order valence-electron chi connectivity index (χ1n) is 25.2. The van der Waals surface area contributed by atoms with Crippen LogP contribution in [-0.4, -0.2) is 119 Å². The second-order valence-corrected chi connectivity index (χ2v) is 23.0. The van der Waals surface area contributed by atoms with E-state index >= 15 is 4.39 Å². The highest BCUT2D eigenvalue weighted by molar-refractivity contribution is 7.99. The number of alkyl halides is 1. The Hall–Kier alpha value is -4.85. The number of nitrogens with two attached hydrogens (primary N) is 2. The average molecular weight is 1020 g/mol. The van der Waals surface area contributed by atoms with Crippen LogP contribution < -0.4 is 27.0 Å². The van der Waals surface area contributed by atoms with Crippen molar-refractivity contribution in [3.63, 3.8) is 0 Å². The molecule has 1 aromatic carbocycles. The zero-order chi connectivity index (χ0) is 51.1. The maximum Gasteiger partial charge on any atom is 0.326 e. The van der Waals surface area contributed by atoms with Crippen LogP contribution in [0.1, 0.15) is 120 Å². The van der Waals surface area contributed by atoms with E-state index in [9.17, 15) is 34.5 Å². The lowest BCUT2D eigenvalue weighted by Gasteiger charge is -2.61. The zero-order valence-electron chi connectivity index (χ0n) is 41.5. The number of carboxylic acid groups (broad SMARTS) is 1. The van der Waals surface area contributed by atoms with Crippen LogP contribution in [0.15, 0.2) is 54.3 Å². The van der Waals surface area contributed by atoms with Crippen molar-refractivity contribution < 1.29 is 38.9 Å². The number of carboxylic acids is 1. The van der Waals surface area contributed by atoms with Crippen LogP contribution in [-0.2, 0) is 20.9 Å². The summed E-state index contributed by atoms with van der Waals surface area (Å²) in [6.45, 7) is 6.32. The Morgan fingerprint density at radius 2 is 1.61 bits per heavy atom. The average Bonchev–Trinajstić information content (AvgIpc) is 3.53. The molecule has 2 heterocycles. The van der Waals surface area contributed by atoms with Gasteiger partial charge in [-0.15, -0.1) is 0 Å². The molecule has 7 rings (SSSR count). The van der Waals surface area contributed by atoms with Crippen LogP contribution in [0.4, 0.5) is 21.8 Å². The van der Waals surface area contributed by atoms with E-state index in [1.807, 2.05) is 31.9 Å². The molecule has 9 atom stereocenters. The van der Waals surface area contributed by atoms with E-state index in [1.54, 1.807) is 67.0 Å². The number of carbonyl (C=O) groups is 4. The van der Waals surface area contributed by atoms with Crippen molar-refractivity contribution in [3.8, 4) is 0 Å². The predicted molar refractivity (Wildman–Crippen MR) is 278 cm³/mol. The number of ketones is 1. The summed E-state index contributed by atoms with van der Waals surface area (Å²) >= 11 is 3.49. The van der Waals surface area contributed by atoms with Crippen LogP contribution in [0.3, 0.4) is 0 Å². The molecule has 0 radical (unpaired) electrons. The monoisotopic (exact) mass is 1020 g/mol. The van der Waals surface area contributed by atoms with E-state index in [4.69, 9.17) is 11.5 Å². The minimum Gasteiger partial charge on any atom is -0.480 e. The number of hydrogen-bond acceptors (Lipinski definition) is 15. The number of aliphatic carboxylic acids is 1. The Bertz CT molecular complexity index is 2480. The number of nitrogen functional groups attached to an aromatic ring is 2. The number of nitrogens with zero attached hydrogens (tertiary/aromatic N) is 5. The molecule has 3 aromatic rings. The van der Waals surface area contributed by atoms with Crippen molar-refractivity contribution in [1.29, 1.82) is 0 Å². The molecule has 4 aliphatic carbocycles. The Balaban J connectivity index is 0.706. The number of thioether (sulfide) groups is 2. The van der Waals surface area contributed by atoms with Gasteiger partial charge < -0.3 is 42.3 Å². The van der Waals surface area contributed by atoms with E-state index in [1.165, 1.54) is 25.3 Å². The molecule has 2 fully saturated rings. The molecular formula is C52H72FN9O7S2. The van der Waals surface area contributed by atoms with Crippen LogP contribution in [0, 0.1) is 28.6 Å². The van der Waals surface area contributed by atoms with Crippen LogP contribution in [0.25, 0.3) is 11.2 Å². The van der Waals surface area contributed by atoms with Crippen LogP contribution in [0.2, 0.25) is 0 Å². The quantitative estimate of drug-likeness (QED) is 0.0358. The maximum absolute atomic E-state index is 17.5. The molecule has 71 heavy (non-hydrogen) atoms. The highest BCUT2D eigenvalue weighted by atomic mass is 32.2. The lowest BCUT2D eigenvalue weighted by Crippen LogP contribution is -2.69. The SMILES string of the molecule is C[C@@H]1CC2C3CC=C4CC(=O)C=C[C@]4(C)C3(F)C(O)C[C@]2(C)[C@@]1(O)C(=O)NCCSCCCCCCCCCCSCCC(NC(=O)c1ccc(N(C)Cc2cnc3nc(N)nc(N)c3n2)cc1)C(=O)O. The van der Waals surface area contributed by atoms with E-state index in [-0.39, 0.29) is 36.3 Å². The number of aliphatic hydroxyl groups excluding tert-OH is 1. The summed E-state index contributed by atoms with van der Waals surface area (Å²) < 4.78 is 17.5. The number of allylic oxidation sites excluding steroid dienone is 4. The summed E-state index contributed by atoms with van der Waals surface area (Å²) in [5, 5.41) is 39.3. The number of amides is 2. The molecule has 2 amide bonds. The first-order valence-corrected chi connectivity index (χ1v) is 27.5. The molecule has 9 N–H and O–H groups in total. The van der Waals surface area contributed by atoms with Crippen LogP contribution >= 0.6 is 23.5 Å². The van der Waals surface area contributed by atoms with Gasteiger partial charge in [0.1, 0.15) is 6.04 Å². The number of fused-ring (bicyclic) bond motifs is 6. The van der Waals surface area contributed by atoms with Gasteiger partial charge in [-0.3, -0.25) is 14.4 Å². The van der Waals surface area contributed by atoms with Gasteiger partial charge in [-0.1, -0.05) is 70.1 Å². The van der Waals surface area contributed by atoms with Crippen LogP contribution in [0.5, 0.6) is 0 Å². The van der Waals surface area contributed by atoms with Crippen molar-refractivity contribution in [3.05, 3.63) is 65.5 Å². The van der Waals surface area contributed by atoms with E-state index in [2.05, 4.69) is 30.6 Å². The first kappa shape index (κ1) is 53.9. The van der Waals surface area contributed by atoms with Crippen molar-refractivity contribution in [2.24, 2.45) is 28.6 Å². The lowest BCUT2D eigenvalue weighted by molar-refractivity contribution is -0.215. The van der Waals surface area contributed by atoms with Gasteiger partial charge in [0.15, 0.2) is 34.0 Å². The Morgan fingerprint density at radius 3 is 2.28 bits per heavy atom. The predicted octanol–water partition coefficient (Wildman–Crippen LogP) is 6.85. The number of unbranched alkanes of at least 4 members (excludes halogenated alkanes) is 7. The summed E-state index contributed by atoms with van der Waals surface area (Å²) in [6, 6.07) is 5.91. The molecule has 5 unspecified atom stereocenters. The fourth-order valence-corrected chi connectivity index (χ4v) is 13.8. The Morgan fingerprint density at radius 1 is 0.944 bits per heavy atom. The molecule has 2 saturated carbocycles. The molecule has 0 bridgehead atoms. The van der Waals surface area contributed by atoms with Gasteiger partial charge in [0.2, 0.25) is 5.95 Å². The number of carbonyl (C=O) groups excluding carboxylic acids is 3. The summed E-state index contributed by atoms with van der Waals surface area (Å²) in [5.74, 6) is 0.140. The second-order valence-electron chi connectivity index (χ2n) is 20.5. The van der Waals surface area contributed by atoms with Gasteiger partial charge in [-0.25, -0.2) is 19.2 Å². The molecule has 386 valence electrons. The van der Waals surface area contributed by atoms with Crippen molar-refractivity contribution in [2.45, 2.75) is 134 Å². The summed E-state index contributed by atoms with van der Waals surface area (Å²) in [6.07, 6.45) is 15.6. The van der Waals surface area contributed by atoms with Gasteiger partial charge in [-0.2, -0.15) is 33.5 Å². The molecule has 0 spiro atoms. The number of benzene rings is 1. The molecular weight excluding hydrogens is 946 g/mol. The Labute approximate surface area is 424 Å². The van der Waals surface area contributed by atoms with Gasteiger partial charge in [0.05, 0.1) is 24.5 Å². The summed E-state index contributed by atoms with van der Waals surface area (Å²) in [5.41, 5.74) is 8.96. The smallest absolute Gasteiger partial charge is 0.326 e. The van der Waals surface area contributed by atoms with Crippen molar-refractivity contribution in [2.75, 3.05) is 53.0 Å². The normalized spacial score (nSPS) is 28.1. The molecule has 19 heteroatoms. The second kappa shape index (κ2) is 22.9. The molecule has 4 aliphatic rings.